The minimum atomic E-state index is -0.0117. The minimum absolute atomic E-state index is 0.0117. The number of aromatic hydroxyl groups is 2. The number of hydrogen-bond donors (Lipinski definition) is 3. The Morgan fingerprint density at radius 1 is 1.19 bits per heavy atom. The van der Waals surface area contributed by atoms with Gasteiger partial charge in [0, 0.05) is 11.6 Å². The summed E-state index contributed by atoms with van der Waals surface area (Å²) in [5.41, 5.74) is 4.98. The van der Waals surface area contributed by atoms with Gasteiger partial charge >= 0.3 is 0 Å². The van der Waals surface area contributed by atoms with Gasteiger partial charge in [0.1, 0.15) is 11.5 Å². The van der Waals surface area contributed by atoms with Crippen LogP contribution in [0.2, 0.25) is 0 Å². The van der Waals surface area contributed by atoms with Crippen LogP contribution in [0.3, 0.4) is 0 Å². The van der Waals surface area contributed by atoms with Crippen molar-refractivity contribution in [1.82, 2.24) is 4.98 Å². The molecule has 0 aliphatic rings. The van der Waals surface area contributed by atoms with E-state index in [1.807, 2.05) is 24.3 Å². The van der Waals surface area contributed by atoms with Crippen LogP contribution in [0.25, 0.3) is 10.2 Å². The maximum atomic E-state index is 9.79. The van der Waals surface area contributed by atoms with Crippen LogP contribution < -0.4 is 5.43 Å². The van der Waals surface area contributed by atoms with Gasteiger partial charge in [-0.1, -0.05) is 23.5 Å². The zero-order valence-electron chi connectivity index (χ0n) is 11.2. The number of aromatic nitrogens is 1. The van der Waals surface area contributed by atoms with Crippen molar-refractivity contribution >= 4 is 32.4 Å². The van der Waals surface area contributed by atoms with E-state index < -0.39 is 0 Å². The zero-order valence-corrected chi connectivity index (χ0v) is 12.1. The second kappa shape index (κ2) is 5.41. The van der Waals surface area contributed by atoms with E-state index in [0.717, 1.165) is 10.2 Å². The van der Waals surface area contributed by atoms with Crippen LogP contribution in [0.15, 0.2) is 47.6 Å². The van der Waals surface area contributed by atoms with Crippen molar-refractivity contribution in [2.24, 2.45) is 5.10 Å². The van der Waals surface area contributed by atoms with Crippen molar-refractivity contribution in [2.75, 3.05) is 5.43 Å². The smallest absolute Gasteiger partial charge is 0.204 e. The molecule has 0 unspecified atom stereocenters. The van der Waals surface area contributed by atoms with E-state index in [4.69, 9.17) is 0 Å². The fourth-order valence-corrected chi connectivity index (χ4v) is 2.75. The number of anilines is 1. The lowest BCUT2D eigenvalue weighted by Crippen LogP contribution is -1.99. The molecule has 2 aromatic carbocycles. The number of phenolic OH excluding ortho intramolecular Hbond substituents is 2. The lowest BCUT2D eigenvalue weighted by molar-refractivity contribution is 0.450. The molecule has 0 aliphatic heterocycles. The van der Waals surface area contributed by atoms with E-state index in [1.165, 1.54) is 23.5 Å². The summed E-state index contributed by atoms with van der Waals surface area (Å²) in [7, 11) is 0. The third-order valence-corrected chi connectivity index (χ3v) is 3.93. The average Bonchev–Trinajstić information content (AvgIpc) is 2.87. The topological polar surface area (TPSA) is 77.7 Å². The fourth-order valence-electron chi connectivity index (χ4n) is 1.94. The number of phenols is 2. The Labute approximate surface area is 125 Å². The second-order valence-corrected chi connectivity index (χ2v) is 5.53. The maximum Gasteiger partial charge on any atom is 0.204 e. The number of thiazole rings is 1. The number of para-hydroxylation sites is 1. The molecule has 6 heteroatoms. The molecule has 0 saturated heterocycles. The number of hydrazone groups is 1. The van der Waals surface area contributed by atoms with E-state index in [2.05, 4.69) is 15.5 Å². The summed E-state index contributed by atoms with van der Waals surface area (Å²) in [6.07, 6.45) is 0. The highest BCUT2D eigenvalue weighted by Crippen LogP contribution is 2.26. The molecule has 1 heterocycles. The Balaban J connectivity index is 1.84. The van der Waals surface area contributed by atoms with Gasteiger partial charge < -0.3 is 10.2 Å². The van der Waals surface area contributed by atoms with Crippen LogP contribution in [-0.2, 0) is 0 Å². The molecule has 0 saturated carbocycles. The van der Waals surface area contributed by atoms with Gasteiger partial charge in [-0.3, -0.25) is 5.43 Å². The lowest BCUT2D eigenvalue weighted by Gasteiger charge is -2.04. The van der Waals surface area contributed by atoms with Crippen molar-refractivity contribution in [1.29, 1.82) is 0 Å². The van der Waals surface area contributed by atoms with E-state index in [-0.39, 0.29) is 11.5 Å². The number of fused-ring (bicyclic) bond motifs is 1. The Kier molecular flexibility index (Phi) is 3.45. The van der Waals surface area contributed by atoms with E-state index in [1.54, 1.807) is 13.0 Å². The molecule has 0 aliphatic carbocycles. The highest BCUT2D eigenvalue weighted by molar-refractivity contribution is 7.22. The van der Waals surface area contributed by atoms with Crippen molar-refractivity contribution < 1.29 is 10.2 Å². The molecule has 0 amide bonds. The number of hydrogen-bond acceptors (Lipinski definition) is 6. The van der Waals surface area contributed by atoms with Crippen LogP contribution in [0, 0.1) is 0 Å². The number of rotatable bonds is 3. The number of nitrogens with one attached hydrogen (secondary N) is 1. The maximum absolute atomic E-state index is 9.79. The van der Waals surface area contributed by atoms with Crippen LogP contribution in [0.5, 0.6) is 11.5 Å². The first-order valence-corrected chi connectivity index (χ1v) is 7.13. The summed E-state index contributed by atoms with van der Waals surface area (Å²) in [6, 6.07) is 12.3. The summed E-state index contributed by atoms with van der Waals surface area (Å²) in [5.74, 6) is 0.00512. The van der Waals surface area contributed by atoms with Crippen LogP contribution in [-0.4, -0.2) is 20.9 Å². The van der Waals surface area contributed by atoms with E-state index in [9.17, 15) is 10.2 Å². The molecule has 0 fully saturated rings. The Morgan fingerprint density at radius 2 is 2.00 bits per heavy atom. The SMILES string of the molecule is C/C(=N/Nc1nc2ccccc2s1)c1ccc(O)cc1O. The third kappa shape index (κ3) is 2.80. The molecule has 0 bridgehead atoms. The molecule has 3 aromatic rings. The first kappa shape index (κ1) is 13.4. The number of nitrogens with zero attached hydrogens (tertiary/aromatic N) is 2. The molecule has 21 heavy (non-hydrogen) atoms. The predicted molar refractivity (Wildman–Crippen MR) is 85.2 cm³/mol. The van der Waals surface area contributed by atoms with Crippen molar-refractivity contribution in [3.63, 3.8) is 0 Å². The van der Waals surface area contributed by atoms with Crippen LogP contribution in [0.4, 0.5) is 5.13 Å². The largest absolute Gasteiger partial charge is 0.508 e. The summed E-state index contributed by atoms with van der Waals surface area (Å²) < 4.78 is 1.08. The summed E-state index contributed by atoms with van der Waals surface area (Å²) >= 11 is 1.51. The average molecular weight is 299 g/mol. The Morgan fingerprint density at radius 3 is 2.76 bits per heavy atom. The molecule has 106 valence electrons. The van der Waals surface area contributed by atoms with Gasteiger partial charge in [-0.2, -0.15) is 5.10 Å². The van der Waals surface area contributed by atoms with Gasteiger partial charge in [0.25, 0.3) is 0 Å². The van der Waals surface area contributed by atoms with Gasteiger partial charge in [-0.25, -0.2) is 4.98 Å². The molecule has 0 spiro atoms. The summed E-state index contributed by atoms with van der Waals surface area (Å²) in [5, 5.41) is 24.0. The van der Waals surface area contributed by atoms with Gasteiger partial charge in [0.05, 0.1) is 15.9 Å². The summed E-state index contributed by atoms with van der Waals surface area (Å²) in [4.78, 5) is 4.41. The molecule has 3 N–H and O–H groups in total. The molecular weight excluding hydrogens is 286 g/mol. The van der Waals surface area contributed by atoms with Crippen molar-refractivity contribution in [3.8, 4) is 11.5 Å². The quantitative estimate of drug-likeness (QED) is 0.510. The normalized spacial score (nSPS) is 11.8. The molecule has 1 aromatic heterocycles. The molecule has 5 nitrogen and oxygen atoms in total. The second-order valence-electron chi connectivity index (χ2n) is 4.50. The zero-order chi connectivity index (χ0) is 14.8. The van der Waals surface area contributed by atoms with Gasteiger partial charge in [0.15, 0.2) is 0 Å². The minimum Gasteiger partial charge on any atom is -0.508 e. The van der Waals surface area contributed by atoms with Gasteiger partial charge in [-0.15, -0.1) is 0 Å². The van der Waals surface area contributed by atoms with Crippen molar-refractivity contribution in [3.05, 3.63) is 48.0 Å². The third-order valence-electron chi connectivity index (χ3n) is 2.98. The number of benzene rings is 2. The van der Waals surface area contributed by atoms with E-state index in [0.29, 0.717) is 16.4 Å². The lowest BCUT2D eigenvalue weighted by atomic mass is 10.1. The van der Waals surface area contributed by atoms with Gasteiger partial charge in [0.2, 0.25) is 5.13 Å². The Bertz CT molecular complexity index is 794. The van der Waals surface area contributed by atoms with Crippen LogP contribution >= 0.6 is 11.3 Å². The fraction of sp³-hybridized carbons (Fsp3) is 0.0667. The highest BCUT2D eigenvalue weighted by atomic mass is 32.1. The monoisotopic (exact) mass is 299 g/mol. The molecule has 0 atom stereocenters. The predicted octanol–water partition coefficient (Wildman–Crippen LogP) is 3.54. The standard InChI is InChI=1S/C15H13N3O2S/c1-9(11-7-6-10(19)8-13(11)20)17-18-15-16-12-4-2-3-5-14(12)21-15/h2-8,19-20H,1H3,(H,16,18)/b17-9-. The first-order valence-electron chi connectivity index (χ1n) is 6.32. The highest BCUT2D eigenvalue weighted by Gasteiger charge is 2.06. The Hall–Kier alpha value is -2.60. The van der Waals surface area contributed by atoms with Crippen molar-refractivity contribution in [2.45, 2.75) is 6.92 Å². The first-order chi connectivity index (χ1) is 10.1. The van der Waals surface area contributed by atoms with E-state index >= 15 is 0 Å². The van der Waals surface area contributed by atoms with Crippen LogP contribution in [0.1, 0.15) is 12.5 Å². The molecular formula is C15H13N3O2S. The molecule has 0 radical (unpaired) electrons. The molecule has 3 rings (SSSR count). The van der Waals surface area contributed by atoms with Gasteiger partial charge in [-0.05, 0) is 31.2 Å². The summed E-state index contributed by atoms with van der Waals surface area (Å²) in [6.45, 7) is 1.77.